The van der Waals surface area contributed by atoms with Crippen molar-refractivity contribution in [3.8, 4) is 0 Å². The monoisotopic (exact) mass is 242 g/mol. The van der Waals surface area contributed by atoms with Crippen molar-refractivity contribution in [1.29, 1.82) is 0 Å². The molecule has 4 heteroatoms. The number of halogens is 1. The first kappa shape index (κ1) is 13.4. The predicted molar refractivity (Wildman–Crippen MR) is 66.9 cm³/mol. The van der Waals surface area contributed by atoms with Gasteiger partial charge in [-0.2, -0.15) is 0 Å². The Hall–Kier alpha value is -0.640. The van der Waals surface area contributed by atoms with Crippen molar-refractivity contribution in [2.75, 3.05) is 20.3 Å². The van der Waals surface area contributed by atoms with Crippen LogP contribution in [0.1, 0.15) is 18.9 Å². The number of ether oxygens (including phenoxy) is 1. The van der Waals surface area contributed by atoms with Crippen molar-refractivity contribution in [3.05, 3.63) is 29.0 Å². The second-order valence-corrected chi connectivity index (χ2v) is 4.05. The van der Waals surface area contributed by atoms with E-state index in [4.69, 9.17) is 16.3 Å². The summed E-state index contributed by atoms with van der Waals surface area (Å²) in [6.45, 7) is 3.56. The molecule has 16 heavy (non-hydrogen) atoms. The van der Waals surface area contributed by atoms with Gasteiger partial charge in [0.2, 0.25) is 0 Å². The van der Waals surface area contributed by atoms with E-state index in [0.717, 1.165) is 36.6 Å². The van der Waals surface area contributed by atoms with Gasteiger partial charge in [0.1, 0.15) is 0 Å². The van der Waals surface area contributed by atoms with Crippen LogP contribution in [-0.2, 0) is 11.2 Å². The Morgan fingerprint density at radius 3 is 3.00 bits per heavy atom. The third kappa shape index (κ3) is 4.47. The van der Waals surface area contributed by atoms with Crippen LogP contribution in [0.2, 0.25) is 5.02 Å². The molecule has 1 aromatic heterocycles. The van der Waals surface area contributed by atoms with Crippen LogP contribution >= 0.6 is 11.6 Å². The van der Waals surface area contributed by atoms with Gasteiger partial charge in [-0.3, -0.25) is 4.98 Å². The lowest BCUT2D eigenvalue weighted by atomic mass is 10.1. The van der Waals surface area contributed by atoms with Crippen LogP contribution in [0.4, 0.5) is 0 Å². The Bertz CT molecular complexity index is 307. The molecule has 0 fully saturated rings. The molecule has 1 unspecified atom stereocenters. The highest BCUT2D eigenvalue weighted by atomic mass is 35.5. The molecule has 3 nitrogen and oxygen atoms in total. The van der Waals surface area contributed by atoms with Crippen LogP contribution in [0.3, 0.4) is 0 Å². The van der Waals surface area contributed by atoms with E-state index in [1.54, 1.807) is 12.4 Å². The number of hydrogen-bond donors (Lipinski definition) is 1. The van der Waals surface area contributed by atoms with E-state index in [1.807, 2.05) is 20.0 Å². The minimum Gasteiger partial charge on any atom is -0.382 e. The van der Waals surface area contributed by atoms with E-state index >= 15 is 0 Å². The number of hydrogen-bond acceptors (Lipinski definition) is 3. The zero-order valence-electron chi connectivity index (χ0n) is 9.87. The van der Waals surface area contributed by atoms with Crippen molar-refractivity contribution in [3.63, 3.8) is 0 Å². The van der Waals surface area contributed by atoms with Crippen molar-refractivity contribution in [2.45, 2.75) is 25.8 Å². The van der Waals surface area contributed by atoms with Crippen LogP contribution in [0.5, 0.6) is 0 Å². The lowest BCUT2D eigenvalue weighted by molar-refractivity contribution is 0.137. The molecule has 0 amide bonds. The highest BCUT2D eigenvalue weighted by Gasteiger charge is 2.09. The molecule has 0 saturated carbocycles. The van der Waals surface area contributed by atoms with E-state index in [-0.39, 0.29) is 0 Å². The molecule has 0 bridgehead atoms. The summed E-state index contributed by atoms with van der Waals surface area (Å²) in [5.74, 6) is 0. The van der Waals surface area contributed by atoms with Gasteiger partial charge in [0.25, 0.3) is 0 Å². The molecule has 1 heterocycles. The van der Waals surface area contributed by atoms with E-state index in [1.165, 1.54) is 0 Å². The molecule has 0 spiro atoms. The average molecular weight is 243 g/mol. The number of pyridine rings is 1. The second-order valence-electron chi connectivity index (χ2n) is 3.64. The summed E-state index contributed by atoms with van der Waals surface area (Å²) in [6, 6.07) is 2.36. The second kappa shape index (κ2) is 7.60. The first-order chi connectivity index (χ1) is 7.77. The molecule has 0 saturated heterocycles. The smallest absolute Gasteiger partial charge is 0.0621 e. The molecular weight excluding hydrogens is 224 g/mol. The molecule has 0 radical (unpaired) electrons. The summed E-state index contributed by atoms with van der Waals surface area (Å²) >= 11 is 6.07. The van der Waals surface area contributed by atoms with Crippen molar-refractivity contribution >= 4 is 11.6 Å². The van der Waals surface area contributed by atoms with Crippen LogP contribution in [0, 0.1) is 0 Å². The third-order valence-corrected chi connectivity index (χ3v) is 2.89. The first-order valence-electron chi connectivity index (χ1n) is 5.61. The van der Waals surface area contributed by atoms with E-state index < -0.39 is 0 Å². The van der Waals surface area contributed by atoms with Crippen LogP contribution in [0.25, 0.3) is 0 Å². The van der Waals surface area contributed by atoms with Crippen molar-refractivity contribution in [2.24, 2.45) is 0 Å². The molecule has 0 aromatic carbocycles. The maximum Gasteiger partial charge on any atom is 0.0621 e. The van der Waals surface area contributed by atoms with Gasteiger partial charge in [-0.15, -0.1) is 0 Å². The molecule has 1 rings (SSSR count). The van der Waals surface area contributed by atoms with Crippen LogP contribution < -0.4 is 5.32 Å². The normalized spacial score (nSPS) is 12.7. The summed E-state index contributed by atoms with van der Waals surface area (Å²) < 4.78 is 5.35. The fourth-order valence-electron chi connectivity index (χ4n) is 1.55. The summed E-state index contributed by atoms with van der Waals surface area (Å²) in [4.78, 5) is 3.98. The zero-order chi connectivity index (χ0) is 11.8. The Labute approximate surface area is 102 Å². The van der Waals surface area contributed by atoms with Gasteiger partial charge in [-0.25, -0.2) is 0 Å². The molecule has 1 N–H and O–H groups in total. The topological polar surface area (TPSA) is 34.1 Å². The van der Waals surface area contributed by atoms with Crippen LogP contribution in [0.15, 0.2) is 18.5 Å². The quantitative estimate of drug-likeness (QED) is 0.745. The van der Waals surface area contributed by atoms with Crippen LogP contribution in [-0.4, -0.2) is 31.3 Å². The number of likely N-dealkylation sites (N-methyl/N-ethyl adjacent to an activating group) is 1. The van der Waals surface area contributed by atoms with Gasteiger partial charge in [0, 0.05) is 31.6 Å². The first-order valence-corrected chi connectivity index (χ1v) is 5.99. The largest absolute Gasteiger partial charge is 0.382 e. The number of nitrogens with one attached hydrogen (secondary N) is 1. The summed E-state index contributed by atoms with van der Waals surface area (Å²) in [7, 11) is 1.96. The Kier molecular flexibility index (Phi) is 6.38. The predicted octanol–water partition coefficient (Wildman–Crippen LogP) is 2.29. The fourth-order valence-corrected chi connectivity index (χ4v) is 1.75. The Morgan fingerprint density at radius 2 is 2.38 bits per heavy atom. The SMILES string of the molecule is CCOCCC(Cc1ccncc1Cl)NC. The molecule has 1 aromatic rings. The molecule has 0 aliphatic rings. The molecular formula is C12H19ClN2O. The Balaban J connectivity index is 2.46. The molecule has 0 aliphatic carbocycles. The van der Waals surface area contributed by atoms with E-state index in [2.05, 4.69) is 10.3 Å². The third-order valence-electron chi connectivity index (χ3n) is 2.55. The summed E-state index contributed by atoms with van der Waals surface area (Å²) in [6.07, 6.45) is 5.36. The summed E-state index contributed by atoms with van der Waals surface area (Å²) in [5.41, 5.74) is 1.13. The highest BCUT2D eigenvalue weighted by molar-refractivity contribution is 6.31. The minimum absolute atomic E-state index is 0.395. The van der Waals surface area contributed by atoms with E-state index in [0.29, 0.717) is 6.04 Å². The van der Waals surface area contributed by atoms with E-state index in [9.17, 15) is 0 Å². The zero-order valence-corrected chi connectivity index (χ0v) is 10.6. The maximum absolute atomic E-state index is 6.07. The van der Waals surface area contributed by atoms with Gasteiger partial charge < -0.3 is 10.1 Å². The number of rotatable bonds is 7. The fraction of sp³-hybridized carbons (Fsp3) is 0.583. The average Bonchev–Trinajstić information content (AvgIpc) is 2.30. The van der Waals surface area contributed by atoms with Crippen molar-refractivity contribution < 1.29 is 4.74 Å². The molecule has 90 valence electrons. The minimum atomic E-state index is 0.395. The lowest BCUT2D eigenvalue weighted by Crippen LogP contribution is -2.29. The number of aromatic nitrogens is 1. The summed E-state index contributed by atoms with van der Waals surface area (Å²) in [5, 5.41) is 4.01. The van der Waals surface area contributed by atoms with Crippen molar-refractivity contribution in [1.82, 2.24) is 10.3 Å². The van der Waals surface area contributed by atoms with Gasteiger partial charge in [-0.05, 0) is 38.4 Å². The van der Waals surface area contributed by atoms with Gasteiger partial charge in [0.15, 0.2) is 0 Å². The van der Waals surface area contributed by atoms with Gasteiger partial charge >= 0.3 is 0 Å². The maximum atomic E-state index is 6.07. The highest BCUT2D eigenvalue weighted by Crippen LogP contribution is 2.16. The Morgan fingerprint density at radius 1 is 1.56 bits per heavy atom. The van der Waals surface area contributed by atoms with Gasteiger partial charge in [-0.1, -0.05) is 11.6 Å². The molecule has 0 aliphatic heterocycles. The standard InChI is InChI=1S/C12H19ClN2O/c1-3-16-7-5-11(14-2)8-10-4-6-15-9-12(10)13/h4,6,9,11,14H,3,5,7-8H2,1-2H3. The van der Waals surface area contributed by atoms with Gasteiger partial charge in [0.05, 0.1) is 5.02 Å². The molecule has 1 atom stereocenters. The lowest BCUT2D eigenvalue weighted by Gasteiger charge is -2.16. The number of nitrogens with zero attached hydrogens (tertiary/aromatic N) is 1.